The molecule has 0 aromatic heterocycles. The molecule has 2 rings (SSSR count). The molecule has 0 bridgehead atoms. The second kappa shape index (κ2) is 4.08. The Balaban J connectivity index is 2.40. The number of hydrogen-bond donors (Lipinski definition) is 0. The number of benzene rings is 1. The van der Waals surface area contributed by atoms with Crippen molar-refractivity contribution < 1.29 is 26.7 Å². The van der Waals surface area contributed by atoms with E-state index >= 15 is 0 Å². The van der Waals surface area contributed by atoms with Crippen molar-refractivity contribution in [1.82, 2.24) is 4.90 Å². The molecule has 100 valence electrons. The van der Waals surface area contributed by atoms with Gasteiger partial charge in [-0.2, -0.15) is 8.78 Å². The first-order valence-corrected chi connectivity index (χ1v) is 5.14. The Hall–Kier alpha value is -1.37. The van der Waals surface area contributed by atoms with E-state index in [0.29, 0.717) is 13.1 Å². The highest BCUT2D eigenvalue weighted by atomic mass is 19.2. The van der Waals surface area contributed by atoms with E-state index in [-0.39, 0.29) is 0 Å². The third-order valence-corrected chi connectivity index (χ3v) is 2.73. The molecule has 0 atom stereocenters. The summed E-state index contributed by atoms with van der Waals surface area (Å²) < 4.78 is 70.3. The molecule has 0 saturated carbocycles. The summed E-state index contributed by atoms with van der Waals surface area (Å²) in [4.78, 5) is 1.78. The summed E-state index contributed by atoms with van der Waals surface area (Å²) in [5, 5.41) is 0. The molecule has 7 heteroatoms. The van der Waals surface area contributed by atoms with Crippen LogP contribution >= 0.6 is 0 Å². The molecule has 2 nitrogen and oxygen atoms in total. The maximum Gasteiger partial charge on any atom is 0.207 e. The largest absolute Gasteiger partial charge is 0.479 e. The van der Waals surface area contributed by atoms with Crippen LogP contribution in [-0.4, -0.2) is 30.6 Å². The van der Waals surface area contributed by atoms with Crippen LogP contribution in [0, 0.1) is 29.1 Å². The van der Waals surface area contributed by atoms with Gasteiger partial charge in [-0.3, -0.25) is 4.90 Å². The zero-order chi connectivity index (χ0) is 13.7. The van der Waals surface area contributed by atoms with Crippen LogP contribution in [0.5, 0.6) is 5.75 Å². The van der Waals surface area contributed by atoms with Gasteiger partial charge in [0.15, 0.2) is 5.75 Å². The number of halogens is 5. The van der Waals surface area contributed by atoms with Crippen LogP contribution in [0.1, 0.15) is 6.92 Å². The normalized spacial score (nSPS) is 18.6. The van der Waals surface area contributed by atoms with Gasteiger partial charge in [-0.25, -0.2) is 13.2 Å². The molecule has 1 aliphatic heterocycles. The van der Waals surface area contributed by atoms with E-state index in [4.69, 9.17) is 4.74 Å². The van der Waals surface area contributed by atoms with Crippen LogP contribution in [0.3, 0.4) is 0 Å². The standard InChI is InChI=1S/C11H10F5NO/c1-11(3-17(2)4-11)18-10-8(15)6(13)5(12)7(14)9(10)16/h3-4H2,1-2H3. The van der Waals surface area contributed by atoms with Gasteiger partial charge in [0.25, 0.3) is 0 Å². The number of ether oxygens (including phenoxy) is 1. The zero-order valence-corrected chi connectivity index (χ0v) is 9.66. The molecule has 18 heavy (non-hydrogen) atoms. The molecular formula is C11H10F5NO. The van der Waals surface area contributed by atoms with Crippen molar-refractivity contribution in [2.45, 2.75) is 12.5 Å². The third-order valence-electron chi connectivity index (χ3n) is 2.73. The van der Waals surface area contributed by atoms with Crippen molar-refractivity contribution in [3.8, 4) is 5.75 Å². The van der Waals surface area contributed by atoms with Crippen molar-refractivity contribution in [1.29, 1.82) is 0 Å². The summed E-state index contributed by atoms with van der Waals surface area (Å²) in [6.07, 6.45) is 0. The fraction of sp³-hybridized carbons (Fsp3) is 0.455. The molecule has 0 amide bonds. The van der Waals surface area contributed by atoms with Crippen LogP contribution in [0.15, 0.2) is 0 Å². The average molecular weight is 267 g/mol. The first kappa shape index (κ1) is 13.1. The summed E-state index contributed by atoms with van der Waals surface area (Å²) >= 11 is 0. The van der Waals surface area contributed by atoms with Gasteiger partial charge in [-0.05, 0) is 14.0 Å². The molecule has 0 spiro atoms. The van der Waals surface area contributed by atoms with E-state index in [9.17, 15) is 22.0 Å². The molecule has 0 N–H and O–H groups in total. The van der Waals surface area contributed by atoms with Crippen molar-refractivity contribution in [2.24, 2.45) is 0 Å². The molecule has 1 heterocycles. The summed E-state index contributed by atoms with van der Waals surface area (Å²) in [5.41, 5.74) is -0.951. The van der Waals surface area contributed by atoms with Crippen molar-refractivity contribution in [3.63, 3.8) is 0 Å². The number of hydrogen-bond acceptors (Lipinski definition) is 2. The quantitative estimate of drug-likeness (QED) is 0.463. The number of likely N-dealkylation sites (tertiary alicyclic amines) is 1. The number of rotatable bonds is 2. The molecular weight excluding hydrogens is 257 g/mol. The van der Waals surface area contributed by atoms with Crippen LogP contribution < -0.4 is 4.74 Å². The highest BCUT2D eigenvalue weighted by Crippen LogP contribution is 2.34. The zero-order valence-electron chi connectivity index (χ0n) is 9.66. The SMILES string of the molecule is CN1CC(C)(Oc2c(F)c(F)c(F)c(F)c2F)C1. The molecule has 1 aromatic rings. The van der Waals surface area contributed by atoms with Crippen molar-refractivity contribution in [2.75, 3.05) is 20.1 Å². The second-order valence-electron chi connectivity index (χ2n) is 4.62. The summed E-state index contributed by atoms with van der Waals surface area (Å²) in [6.45, 7) is 2.21. The predicted molar refractivity (Wildman–Crippen MR) is 52.8 cm³/mol. The van der Waals surface area contributed by atoms with Gasteiger partial charge in [0.2, 0.25) is 29.1 Å². The Bertz CT molecular complexity index is 470. The Morgan fingerprint density at radius 3 is 1.67 bits per heavy atom. The van der Waals surface area contributed by atoms with E-state index in [1.165, 1.54) is 6.92 Å². The van der Waals surface area contributed by atoms with Gasteiger partial charge in [0.1, 0.15) is 5.60 Å². The molecule has 0 aliphatic carbocycles. The van der Waals surface area contributed by atoms with E-state index in [0.717, 1.165) is 0 Å². The highest BCUT2D eigenvalue weighted by Gasteiger charge is 2.41. The monoisotopic (exact) mass is 267 g/mol. The summed E-state index contributed by atoms with van der Waals surface area (Å²) in [5.74, 6) is -11.3. The van der Waals surface area contributed by atoms with Gasteiger partial charge in [-0.1, -0.05) is 0 Å². The Kier molecular flexibility index (Phi) is 2.96. The lowest BCUT2D eigenvalue weighted by molar-refractivity contribution is -0.0548. The van der Waals surface area contributed by atoms with Crippen molar-refractivity contribution >= 4 is 0 Å². The number of nitrogens with zero attached hydrogens (tertiary/aromatic N) is 1. The minimum Gasteiger partial charge on any atom is -0.479 e. The summed E-state index contributed by atoms with van der Waals surface area (Å²) in [7, 11) is 1.74. The number of likely N-dealkylation sites (N-methyl/N-ethyl adjacent to an activating group) is 1. The smallest absolute Gasteiger partial charge is 0.207 e. The lowest BCUT2D eigenvalue weighted by Crippen LogP contribution is -2.61. The minimum atomic E-state index is -2.19. The first-order valence-electron chi connectivity index (χ1n) is 5.14. The molecule has 1 aliphatic rings. The van der Waals surface area contributed by atoms with Crippen molar-refractivity contribution in [3.05, 3.63) is 29.1 Å². The van der Waals surface area contributed by atoms with Gasteiger partial charge in [0.05, 0.1) is 0 Å². The minimum absolute atomic E-state index is 0.340. The maximum atomic E-state index is 13.3. The second-order valence-corrected chi connectivity index (χ2v) is 4.62. The van der Waals surface area contributed by atoms with Gasteiger partial charge in [-0.15, -0.1) is 0 Å². The van der Waals surface area contributed by atoms with Gasteiger partial charge < -0.3 is 4.74 Å². The van der Waals surface area contributed by atoms with Crippen LogP contribution in [0.2, 0.25) is 0 Å². The first-order chi connectivity index (χ1) is 8.25. The lowest BCUT2D eigenvalue weighted by Gasteiger charge is -2.45. The van der Waals surface area contributed by atoms with E-state index in [2.05, 4.69) is 0 Å². The molecule has 0 radical (unpaired) electrons. The van der Waals surface area contributed by atoms with Gasteiger partial charge in [0, 0.05) is 13.1 Å². The molecule has 1 fully saturated rings. The Morgan fingerprint density at radius 2 is 1.28 bits per heavy atom. The fourth-order valence-electron chi connectivity index (χ4n) is 2.08. The van der Waals surface area contributed by atoms with Crippen LogP contribution in [0.4, 0.5) is 22.0 Å². The van der Waals surface area contributed by atoms with Crippen LogP contribution in [-0.2, 0) is 0 Å². The molecule has 1 saturated heterocycles. The lowest BCUT2D eigenvalue weighted by atomic mass is 9.97. The van der Waals surface area contributed by atoms with Gasteiger partial charge >= 0.3 is 0 Å². The van der Waals surface area contributed by atoms with Crippen LogP contribution in [0.25, 0.3) is 0 Å². The van der Waals surface area contributed by atoms with E-state index < -0.39 is 40.4 Å². The van der Waals surface area contributed by atoms with E-state index in [1.54, 1.807) is 11.9 Å². The van der Waals surface area contributed by atoms with E-state index in [1.807, 2.05) is 0 Å². The maximum absolute atomic E-state index is 13.3. The molecule has 1 aromatic carbocycles. The Morgan fingerprint density at radius 1 is 0.889 bits per heavy atom. The average Bonchev–Trinajstić information content (AvgIpc) is 2.28. The summed E-state index contributed by atoms with van der Waals surface area (Å²) in [6, 6.07) is 0. The third kappa shape index (κ3) is 1.92. The fourth-order valence-corrected chi connectivity index (χ4v) is 2.08. The topological polar surface area (TPSA) is 12.5 Å². The molecule has 0 unspecified atom stereocenters. The predicted octanol–water partition coefficient (Wildman–Crippen LogP) is 2.47. The highest BCUT2D eigenvalue weighted by molar-refractivity contribution is 5.30. The Labute approximate surface area is 100.0 Å².